The Balaban J connectivity index is 6.53. The van der Waals surface area contributed by atoms with Crippen LogP contribution in [-0.2, 0) is 18.8 Å². The Bertz CT molecular complexity index is 519. The Kier molecular flexibility index (Phi) is 8.21. The number of carbonyl (C=O) groups excluding carboxylic acids is 2. The van der Waals surface area contributed by atoms with Crippen molar-refractivity contribution in [3.05, 3.63) is 0 Å². The van der Waals surface area contributed by atoms with Gasteiger partial charge in [-0.25, -0.2) is 4.79 Å². The minimum absolute atomic E-state index is 0.213. The monoisotopic (exact) mass is 424 g/mol. The van der Waals surface area contributed by atoms with E-state index >= 15 is 0 Å². The van der Waals surface area contributed by atoms with Gasteiger partial charge in [0.2, 0.25) is 0 Å². The molecule has 0 saturated heterocycles. The Labute approximate surface area is 159 Å². The van der Waals surface area contributed by atoms with E-state index in [4.69, 9.17) is 4.43 Å². The molecule has 0 amide bonds. The highest BCUT2D eigenvalue weighted by Crippen LogP contribution is 2.37. The summed E-state index contributed by atoms with van der Waals surface area (Å²) in [6.07, 6.45) is -5.61. The van der Waals surface area contributed by atoms with Gasteiger partial charge in [-0.15, -0.1) is 0 Å². The second-order valence-electron chi connectivity index (χ2n) is 9.68. The number of methoxy groups -OCH3 is 1. The molecule has 0 saturated carbocycles. The van der Waals surface area contributed by atoms with Crippen molar-refractivity contribution >= 4 is 35.8 Å². The van der Waals surface area contributed by atoms with Gasteiger partial charge in [0, 0.05) is 0 Å². The molecule has 0 spiro atoms. The largest absolute Gasteiger partial charge is 0.467 e. The second-order valence-corrected chi connectivity index (χ2v) is 24.3. The van der Waals surface area contributed by atoms with Crippen LogP contribution in [0.3, 0.4) is 0 Å². The lowest BCUT2D eigenvalue weighted by atomic mass is 10.0. The highest BCUT2D eigenvalue weighted by molar-refractivity contribution is 7.08. The molecule has 154 valence electrons. The van der Waals surface area contributed by atoms with E-state index in [1.165, 1.54) is 0 Å². The molecule has 0 fully saturated rings. The Hall–Kier alpha value is -0.369. The SMILES string of the molecule is COC(=O)[C@@H](O)[C@@H](O)[C@H](O)[C@@](O[Si](C)(C)C)(C(=O)[Si](C)(C)C)[Si](C)(C)C. The van der Waals surface area contributed by atoms with E-state index < -0.39 is 54.0 Å². The Morgan fingerprint density at radius 1 is 0.885 bits per heavy atom. The van der Waals surface area contributed by atoms with Crippen LogP contribution in [0.25, 0.3) is 0 Å². The number of rotatable bonds is 9. The number of esters is 1. The van der Waals surface area contributed by atoms with Crippen molar-refractivity contribution in [2.45, 2.75) is 82.5 Å². The minimum Gasteiger partial charge on any atom is -0.467 e. The maximum atomic E-state index is 13.5. The first kappa shape index (κ1) is 25.6. The molecule has 4 atom stereocenters. The summed E-state index contributed by atoms with van der Waals surface area (Å²) in [4.78, 5) is 25.2. The second kappa shape index (κ2) is 8.33. The van der Waals surface area contributed by atoms with Crippen LogP contribution in [0, 0.1) is 0 Å². The molecular weight excluding hydrogens is 388 g/mol. The van der Waals surface area contributed by atoms with Crippen LogP contribution in [0.5, 0.6) is 0 Å². The zero-order valence-corrected chi connectivity index (χ0v) is 20.7. The van der Waals surface area contributed by atoms with Crippen LogP contribution < -0.4 is 0 Å². The van der Waals surface area contributed by atoms with Crippen LogP contribution in [0.15, 0.2) is 0 Å². The third-order valence-electron chi connectivity index (χ3n) is 4.11. The fraction of sp³-hybridized carbons (Fsp3) is 0.875. The van der Waals surface area contributed by atoms with Crippen molar-refractivity contribution in [2.24, 2.45) is 0 Å². The summed E-state index contributed by atoms with van der Waals surface area (Å²) >= 11 is 0. The van der Waals surface area contributed by atoms with Crippen molar-refractivity contribution in [3.8, 4) is 0 Å². The van der Waals surface area contributed by atoms with Gasteiger partial charge in [0.05, 0.1) is 15.2 Å². The van der Waals surface area contributed by atoms with E-state index in [1.54, 1.807) is 0 Å². The molecule has 0 aliphatic heterocycles. The molecule has 0 bridgehead atoms. The topological polar surface area (TPSA) is 113 Å². The fourth-order valence-electron chi connectivity index (χ4n) is 2.89. The zero-order valence-electron chi connectivity index (χ0n) is 17.7. The van der Waals surface area contributed by atoms with Gasteiger partial charge in [-0.2, -0.15) is 0 Å². The lowest BCUT2D eigenvalue weighted by Crippen LogP contribution is -2.76. The summed E-state index contributed by atoms with van der Waals surface area (Å²) in [5.41, 5.74) is 0. The number of hydrogen-bond acceptors (Lipinski definition) is 7. The molecule has 0 aliphatic carbocycles. The maximum Gasteiger partial charge on any atom is 0.337 e. The zero-order chi connectivity index (χ0) is 21.3. The predicted octanol–water partition coefficient (Wildman–Crippen LogP) is 1.16. The van der Waals surface area contributed by atoms with Crippen LogP contribution >= 0.6 is 0 Å². The summed E-state index contributed by atoms with van der Waals surface area (Å²) in [6, 6.07) is 0. The number of hydrogen-bond donors (Lipinski definition) is 3. The lowest BCUT2D eigenvalue weighted by Gasteiger charge is -2.52. The average molecular weight is 425 g/mol. The fourth-order valence-corrected chi connectivity index (χ4v) is 11.6. The Morgan fingerprint density at radius 3 is 1.58 bits per heavy atom. The summed E-state index contributed by atoms with van der Waals surface area (Å²) in [5.74, 6) is -1.07. The molecule has 3 N–H and O–H groups in total. The summed E-state index contributed by atoms with van der Waals surface area (Å²) in [5, 5.41) is 29.8. The molecular formula is C16H36O7Si3. The summed E-state index contributed by atoms with van der Waals surface area (Å²) < 4.78 is 10.8. The number of aliphatic hydroxyl groups excluding tert-OH is 3. The van der Waals surface area contributed by atoms with Gasteiger partial charge < -0.3 is 29.3 Å². The van der Waals surface area contributed by atoms with Gasteiger partial charge in [-0.3, -0.25) is 0 Å². The first-order chi connectivity index (χ1) is 11.3. The van der Waals surface area contributed by atoms with Gasteiger partial charge in [-0.05, 0) is 19.6 Å². The summed E-state index contributed by atoms with van der Waals surface area (Å²) in [6.45, 7) is 16.9. The molecule has 0 unspecified atom stereocenters. The number of ether oxygens (including phenoxy) is 1. The predicted molar refractivity (Wildman–Crippen MR) is 109 cm³/mol. The third-order valence-corrected chi connectivity index (χ3v) is 10.1. The smallest absolute Gasteiger partial charge is 0.337 e. The number of carbonyl (C=O) groups is 2. The normalized spacial score (nSPS) is 19.3. The highest BCUT2D eigenvalue weighted by Gasteiger charge is 2.62. The van der Waals surface area contributed by atoms with Crippen LogP contribution in [-0.4, -0.2) is 81.8 Å². The Morgan fingerprint density at radius 2 is 1.31 bits per heavy atom. The van der Waals surface area contributed by atoms with Gasteiger partial charge in [0.15, 0.2) is 14.4 Å². The third kappa shape index (κ3) is 5.57. The standard InChI is InChI=1S/C16H36O7Si3/c1-22-14(20)12(18)11(17)13(19)16(25(5,6)7,23-26(8,9)10)15(21)24(2,3)4/h11-13,17-19H,1-10H3/t11-,12+,13+,16+/m1/s1. The molecule has 0 aromatic heterocycles. The van der Waals surface area contributed by atoms with E-state index in [9.17, 15) is 24.9 Å². The van der Waals surface area contributed by atoms with E-state index in [1.807, 2.05) is 58.9 Å². The van der Waals surface area contributed by atoms with Crippen LogP contribution in [0.4, 0.5) is 0 Å². The molecule has 26 heavy (non-hydrogen) atoms. The van der Waals surface area contributed by atoms with E-state index in [0.717, 1.165) is 7.11 Å². The molecule has 10 heteroatoms. The first-order valence-corrected chi connectivity index (χ1v) is 19.1. The van der Waals surface area contributed by atoms with Gasteiger partial charge in [0.1, 0.15) is 30.9 Å². The van der Waals surface area contributed by atoms with Crippen LogP contribution in [0.2, 0.25) is 58.9 Å². The molecule has 0 rings (SSSR count). The van der Waals surface area contributed by atoms with Crippen molar-refractivity contribution < 1.29 is 34.1 Å². The minimum atomic E-state index is -2.61. The quantitative estimate of drug-likeness (QED) is 0.376. The molecule has 0 aromatic carbocycles. The van der Waals surface area contributed by atoms with Crippen molar-refractivity contribution in [1.29, 1.82) is 0 Å². The molecule has 7 nitrogen and oxygen atoms in total. The van der Waals surface area contributed by atoms with Gasteiger partial charge in [-0.1, -0.05) is 39.3 Å². The maximum absolute atomic E-state index is 13.5. The first-order valence-electron chi connectivity index (χ1n) is 8.70. The number of aliphatic hydroxyl groups is 3. The van der Waals surface area contributed by atoms with Crippen LogP contribution in [0.1, 0.15) is 0 Å². The van der Waals surface area contributed by atoms with E-state index in [2.05, 4.69) is 4.74 Å². The molecule has 0 heterocycles. The van der Waals surface area contributed by atoms with E-state index in [0.29, 0.717) is 0 Å². The molecule has 0 aliphatic rings. The highest BCUT2D eigenvalue weighted by atomic mass is 28.4. The lowest BCUT2D eigenvalue weighted by molar-refractivity contribution is -0.170. The van der Waals surface area contributed by atoms with Gasteiger partial charge >= 0.3 is 5.97 Å². The summed E-state index contributed by atoms with van der Waals surface area (Å²) in [7, 11) is -6.36. The van der Waals surface area contributed by atoms with Crippen molar-refractivity contribution in [1.82, 2.24) is 0 Å². The van der Waals surface area contributed by atoms with Gasteiger partial charge in [0.25, 0.3) is 0 Å². The average Bonchev–Trinajstić information content (AvgIpc) is 2.45. The molecule has 0 aromatic rings. The van der Waals surface area contributed by atoms with E-state index in [-0.39, 0.29) is 5.41 Å². The van der Waals surface area contributed by atoms with Crippen molar-refractivity contribution in [2.75, 3.05) is 7.11 Å². The molecule has 0 radical (unpaired) electrons. The van der Waals surface area contributed by atoms with Crippen molar-refractivity contribution in [3.63, 3.8) is 0 Å².